The van der Waals surface area contributed by atoms with Crippen LogP contribution in [-0.4, -0.2) is 23.1 Å². The Bertz CT molecular complexity index is 511. The van der Waals surface area contributed by atoms with Crippen LogP contribution in [0.25, 0.3) is 0 Å². The number of aryl methyl sites for hydroxylation is 1. The molecule has 1 aromatic carbocycles. The standard InChI is InChI=1S/C15H17F7O/c1-2-3-6-10-7-4-5-8-11(10)12(23)9-13(16,17)14(18,19)15(20,21)22/h4-5,7-8,12,23H,2-3,6,9H2,1H3. The highest BCUT2D eigenvalue weighted by molar-refractivity contribution is 5.29. The van der Waals surface area contributed by atoms with Crippen LogP contribution in [0.3, 0.4) is 0 Å². The van der Waals surface area contributed by atoms with E-state index in [-0.39, 0.29) is 5.56 Å². The molecule has 0 spiro atoms. The predicted octanol–water partition coefficient (Wildman–Crippen LogP) is 5.29. The second kappa shape index (κ2) is 7.07. The SMILES string of the molecule is CCCCc1ccccc1C(O)CC(F)(F)C(F)(F)C(F)(F)F. The van der Waals surface area contributed by atoms with Crippen LogP contribution in [0.1, 0.15) is 43.4 Å². The molecule has 1 atom stereocenters. The summed E-state index contributed by atoms with van der Waals surface area (Å²) in [7, 11) is 0. The van der Waals surface area contributed by atoms with Crippen LogP contribution in [0.4, 0.5) is 30.7 Å². The number of benzene rings is 1. The van der Waals surface area contributed by atoms with Crippen molar-refractivity contribution in [1.82, 2.24) is 0 Å². The van der Waals surface area contributed by atoms with Crippen LogP contribution >= 0.6 is 0 Å². The van der Waals surface area contributed by atoms with Gasteiger partial charge < -0.3 is 5.11 Å². The van der Waals surface area contributed by atoms with Crippen molar-refractivity contribution in [2.75, 3.05) is 0 Å². The maximum Gasteiger partial charge on any atom is 0.459 e. The van der Waals surface area contributed by atoms with E-state index in [1.165, 1.54) is 18.2 Å². The highest BCUT2D eigenvalue weighted by Crippen LogP contribution is 2.49. The molecule has 1 rings (SSSR count). The molecule has 0 heterocycles. The molecule has 0 amide bonds. The van der Waals surface area contributed by atoms with E-state index in [4.69, 9.17) is 0 Å². The summed E-state index contributed by atoms with van der Waals surface area (Å²) < 4.78 is 88.9. The molecule has 0 aliphatic rings. The van der Waals surface area contributed by atoms with Gasteiger partial charge in [0.15, 0.2) is 0 Å². The minimum Gasteiger partial charge on any atom is -0.388 e. The van der Waals surface area contributed by atoms with Gasteiger partial charge in [-0.2, -0.15) is 30.7 Å². The van der Waals surface area contributed by atoms with Crippen LogP contribution in [0.5, 0.6) is 0 Å². The molecular weight excluding hydrogens is 329 g/mol. The van der Waals surface area contributed by atoms with Crippen molar-refractivity contribution < 1.29 is 35.8 Å². The molecule has 8 heteroatoms. The quantitative estimate of drug-likeness (QED) is 0.666. The van der Waals surface area contributed by atoms with E-state index in [2.05, 4.69) is 0 Å². The van der Waals surface area contributed by atoms with Gasteiger partial charge in [-0.25, -0.2) is 0 Å². The van der Waals surface area contributed by atoms with Crippen molar-refractivity contribution in [2.45, 2.75) is 56.7 Å². The molecule has 0 fully saturated rings. The second-order valence-corrected chi connectivity index (χ2v) is 5.30. The van der Waals surface area contributed by atoms with E-state index < -0.39 is 30.5 Å². The monoisotopic (exact) mass is 346 g/mol. The smallest absolute Gasteiger partial charge is 0.388 e. The number of aliphatic hydroxyl groups excluding tert-OH is 1. The van der Waals surface area contributed by atoms with Crippen molar-refractivity contribution in [1.29, 1.82) is 0 Å². The van der Waals surface area contributed by atoms with Crippen LogP contribution in [-0.2, 0) is 6.42 Å². The first-order valence-corrected chi connectivity index (χ1v) is 7.02. The first-order valence-electron chi connectivity index (χ1n) is 7.02. The molecule has 132 valence electrons. The van der Waals surface area contributed by atoms with Gasteiger partial charge in [0.2, 0.25) is 0 Å². The predicted molar refractivity (Wildman–Crippen MR) is 70.6 cm³/mol. The Kier molecular flexibility index (Phi) is 6.06. The molecule has 1 aromatic rings. The Labute approximate surface area is 129 Å². The second-order valence-electron chi connectivity index (χ2n) is 5.30. The van der Waals surface area contributed by atoms with Gasteiger partial charge in [0.1, 0.15) is 0 Å². The Hall–Kier alpha value is -1.31. The largest absolute Gasteiger partial charge is 0.459 e. The number of alkyl halides is 7. The van der Waals surface area contributed by atoms with Gasteiger partial charge in [-0.3, -0.25) is 0 Å². The van der Waals surface area contributed by atoms with E-state index in [0.717, 1.165) is 6.42 Å². The summed E-state index contributed by atoms with van der Waals surface area (Å²) in [5.41, 5.74) is 0.395. The fourth-order valence-corrected chi connectivity index (χ4v) is 2.14. The molecule has 23 heavy (non-hydrogen) atoms. The topological polar surface area (TPSA) is 20.2 Å². The summed E-state index contributed by atoms with van der Waals surface area (Å²) in [5, 5.41) is 9.78. The maximum absolute atomic E-state index is 13.4. The number of hydrogen-bond donors (Lipinski definition) is 1. The van der Waals surface area contributed by atoms with Gasteiger partial charge in [0.05, 0.1) is 6.10 Å². The van der Waals surface area contributed by atoms with Gasteiger partial charge in [0.25, 0.3) is 0 Å². The van der Waals surface area contributed by atoms with Gasteiger partial charge in [-0.1, -0.05) is 37.6 Å². The van der Waals surface area contributed by atoms with E-state index in [9.17, 15) is 35.8 Å². The average Bonchev–Trinajstić information content (AvgIpc) is 2.43. The third kappa shape index (κ3) is 4.37. The van der Waals surface area contributed by atoms with E-state index in [0.29, 0.717) is 18.4 Å². The summed E-state index contributed by atoms with van der Waals surface area (Å²) in [6, 6.07) is 5.74. The molecule has 0 aliphatic heterocycles. The minimum absolute atomic E-state index is 0.0569. The highest BCUT2D eigenvalue weighted by Gasteiger charge is 2.72. The van der Waals surface area contributed by atoms with Crippen molar-refractivity contribution in [3.63, 3.8) is 0 Å². The summed E-state index contributed by atoms with van der Waals surface area (Å²) in [6.45, 7) is 1.87. The zero-order valence-electron chi connectivity index (χ0n) is 12.3. The van der Waals surface area contributed by atoms with Crippen LogP contribution in [0.2, 0.25) is 0 Å². The number of aliphatic hydroxyl groups is 1. The van der Waals surface area contributed by atoms with Gasteiger partial charge in [-0.05, 0) is 24.0 Å². The lowest BCUT2D eigenvalue weighted by molar-refractivity contribution is -0.358. The number of hydrogen-bond acceptors (Lipinski definition) is 1. The van der Waals surface area contributed by atoms with Crippen molar-refractivity contribution >= 4 is 0 Å². The Morgan fingerprint density at radius 3 is 2.09 bits per heavy atom. The third-order valence-electron chi connectivity index (χ3n) is 3.48. The number of rotatable bonds is 7. The lowest BCUT2D eigenvalue weighted by Gasteiger charge is -2.30. The zero-order chi connectivity index (χ0) is 17.9. The zero-order valence-corrected chi connectivity index (χ0v) is 12.3. The first-order chi connectivity index (χ1) is 10.4. The molecule has 0 saturated carbocycles. The van der Waals surface area contributed by atoms with Gasteiger partial charge in [-0.15, -0.1) is 0 Å². The molecule has 1 N–H and O–H groups in total. The molecule has 0 aliphatic carbocycles. The van der Waals surface area contributed by atoms with Crippen LogP contribution in [0, 0.1) is 0 Å². The Morgan fingerprint density at radius 1 is 1.00 bits per heavy atom. The third-order valence-corrected chi connectivity index (χ3v) is 3.48. The minimum atomic E-state index is -6.39. The average molecular weight is 346 g/mol. The molecule has 0 saturated heterocycles. The summed E-state index contributed by atoms with van der Waals surface area (Å²) in [5.74, 6) is -11.6. The molecule has 1 unspecified atom stereocenters. The maximum atomic E-state index is 13.4. The number of halogens is 7. The fraction of sp³-hybridized carbons (Fsp3) is 0.600. The van der Waals surface area contributed by atoms with Crippen LogP contribution < -0.4 is 0 Å². The normalized spacial score (nSPS) is 14.8. The summed E-state index contributed by atoms with van der Waals surface area (Å²) in [4.78, 5) is 0. The van der Waals surface area contributed by atoms with Crippen LogP contribution in [0.15, 0.2) is 24.3 Å². The van der Waals surface area contributed by atoms with E-state index in [1.807, 2.05) is 6.92 Å². The van der Waals surface area contributed by atoms with E-state index >= 15 is 0 Å². The van der Waals surface area contributed by atoms with Gasteiger partial charge >= 0.3 is 18.0 Å². The molecular formula is C15H17F7O. The highest BCUT2D eigenvalue weighted by atomic mass is 19.4. The van der Waals surface area contributed by atoms with Crippen molar-refractivity contribution in [3.8, 4) is 0 Å². The molecule has 0 aromatic heterocycles. The lowest BCUT2D eigenvalue weighted by atomic mass is 9.93. The molecule has 1 nitrogen and oxygen atoms in total. The summed E-state index contributed by atoms with van der Waals surface area (Å²) >= 11 is 0. The first kappa shape index (κ1) is 19.7. The lowest BCUT2D eigenvalue weighted by Crippen LogP contribution is -2.52. The molecule has 0 bridgehead atoms. The molecule has 0 radical (unpaired) electrons. The number of unbranched alkanes of at least 4 members (excludes halogenated alkanes) is 1. The Balaban J connectivity index is 3.01. The van der Waals surface area contributed by atoms with E-state index in [1.54, 1.807) is 6.07 Å². The Morgan fingerprint density at radius 2 is 1.57 bits per heavy atom. The summed E-state index contributed by atoms with van der Waals surface area (Å²) in [6.07, 6.45) is -8.68. The van der Waals surface area contributed by atoms with Crippen molar-refractivity contribution in [2.24, 2.45) is 0 Å². The van der Waals surface area contributed by atoms with Crippen molar-refractivity contribution in [3.05, 3.63) is 35.4 Å². The van der Waals surface area contributed by atoms with Gasteiger partial charge in [0, 0.05) is 6.42 Å². The fourth-order valence-electron chi connectivity index (χ4n) is 2.14.